The largest absolute Gasteiger partial charge is 0.508 e. The minimum Gasteiger partial charge on any atom is -0.508 e. The summed E-state index contributed by atoms with van der Waals surface area (Å²) in [6.45, 7) is 4.30. The summed E-state index contributed by atoms with van der Waals surface area (Å²) in [5, 5.41) is 31.4. The standard InChI is InChI=1S/C20H22O5/c1-19(2)12-6-20(24)7-13(22)15(16(12)18(20)23)11-8-25-14-5-9(21)3-4-10(14)17(11)19/h3-5,8,12,15-18,21,23-24H,6-7H2,1-2H3/t12-,15?,16?,17?,18+,20-/m0/s1. The van der Waals surface area contributed by atoms with Gasteiger partial charge in [-0.15, -0.1) is 0 Å². The van der Waals surface area contributed by atoms with Gasteiger partial charge in [0.25, 0.3) is 0 Å². The Kier molecular flexibility index (Phi) is 2.75. The van der Waals surface area contributed by atoms with E-state index >= 15 is 0 Å². The summed E-state index contributed by atoms with van der Waals surface area (Å²) >= 11 is 0. The molecular formula is C20H22O5. The van der Waals surface area contributed by atoms with Gasteiger partial charge in [0.2, 0.25) is 0 Å². The van der Waals surface area contributed by atoms with Crippen molar-refractivity contribution < 1.29 is 24.9 Å². The molecule has 25 heavy (non-hydrogen) atoms. The lowest BCUT2D eigenvalue weighted by Gasteiger charge is -2.53. The van der Waals surface area contributed by atoms with Crippen LogP contribution in [0.15, 0.2) is 30.0 Å². The molecule has 0 amide bonds. The van der Waals surface area contributed by atoms with Crippen LogP contribution in [0.2, 0.25) is 0 Å². The third-order valence-electron chi connectivity index (χ3n) is 7.19. The van der Waals surface area contributed by atoms with Gasteiger partial charge in [0.05, 0.1) is 18.0 Å². The number of ether oxygens (including phenoxy) is 1. The molecule has 5 rings (SSSR count). The molecule has 3 saturated carbocycles. The van der Waals surface area contributed by atoms with Crippen molar-refractivity contribution in [3.8, 4) is 11.5 Å². The van der Waals surface area contributed by atoms with E-state index < -0.39 is 17.6 Å². The Labute approximate surface area is 145 Å². The number of aromatic hydroxyl groups is 1. The molecule has 1 heterocycles. The summed E-state index contributed by atoms with van der Waals surface area (Å²) in [7, 11) is 0. The zero-order valence-corrected chi connectivity index (χ0v) is 14.3. The molecule has 1 aliphatic heterocycles. The summed E-state index contributed by atoms with van der Waals surface area (Å²) in [6.07, 6.45) is 1.23. The highest BCUT2D eigenvalue weighted by molar-refractivity contribution is 5.88. The minimum absolute atomic E-state index is 0.00196. The van der Waals surface area contributed by atoms with Crippen molar-refractivity contribution in [2.45, 2.75) is 44.3 Å². The van der Waals surface area contributed by atoms with E-state index in [-0.39, 0.29) is 41.1 Å². The second-order valence-electron chi connectivity index (χ2n) is 8.77. The van der Waals surface area contributed by atoms with Gasteiger partial charge in [-0.25, -0.2) is 0 Å². The first-order chi connectivity index (χ1) is 11.7. The normalized spacial score (nSPS) is 43.0. The Bertz CT molecular complexity index is 825. The fourth-order valence-electron chi connectivity index (χ4n) is 6.14. The number of fused-ring (bicyclic) bond motifs is 5. The van der Waals surface area contributed by atoms with Crippen LogP contribution in [-0.4, -0.2) is 32.8 Å². The van der Waals surface area contributed by atoms with Gasteiger partial charge in [0.1, 0.15) is 17.3 Å². The van der Waals surface area contributed by atoms with Crippen LogP contribution in [0.5, 0.6) is 11.5 Å². The number of phenolic OH excluding ortho intramolecular Hbond substituents is 1. The Morgan fingerprint density at radius 1 is 1.28 bits per heavy atom. The molecular weight excluding hydrogens is 320 g/mol. The first-order valence-corrected chi connectivity index (χ1v) is 8.87. The number of carbonyl (C=O) groups excluding carboxylic acids is 1. The van der Waals surface area contributed by atoms with Gasteiger partial charge >= 0.3 is 0 Å². The predicted molar refractivity (Wildman–Crippen MR) is 89.0 cm³/mol. The number of rotatable bonds is 0. The molecule has 3 N–H and O–H groups in total. The van der Waals surface area contributed by atoms with E-state index in [1.807, 2.05) is 6.07 Å². The van der Waals surface area contributed by atoms with Gasteiger partial charge in [-0.1, -0.05) is 19.9 Å². The van der Waals surface area contributed by atoms with Crippen LogP contribution in [0.25, 0.3) is 0 Å². The average molecular weight is 342 g/mol. The van der Waals surface area contributed by atoms with Crippen LogP contribution in [0.1, 0.15) is 38.2 Å². The summed E-state index contributed by atoms with van der Waals surface area (Å²) in [5.74, 6) is 0.112. The van der Waals surface area contributed by atoms with Crippen molar-refractivity contribution in [1.29, 1.82) is 0 Å². The minimum atomic E-state index is -1.30. The summed E-state index contributed by atoms with van der Waals surface area (Å²) < 4.78 is 5.76. The Balaban J connectivity index is 1.73. The van der Waals surface area contributed by atoms with Gasteiger partial charge in [-0.3, -0.25) is 4.79 Å². The van der Waals surface area contributed by atoms with Crippen molar-refractivity contribution in [3.63, 3.8) is 0 Å². The van der Waals surface area contributed by atoms with Gasteiger partial charge in [-0.05, 0) is 29.4 Å². The van der Waals surface area contributed by atoms with Gasteiger partial charge in [-0.2, -0.15) is 0 Å². The number of ketones is 1. The number of Topliss-reactive ketones (excluding diaryl/α,β-unsaturated/α-hetero) is 1. The number of carbonyl (C=O) groups is 1. The highest BCUT2D eigenvalue weighted by Crippen LogP contribution is 2.68. The average Bonchev–Trinajstić information content (AvgIpc) is 2.73. The summed E-state index contributed by atoms with van der Waals surface area (Å²) in [6, 6.07) is 5.10. The van der Waals surface area contributed by atoms with E-state index in [1.54, 1.807) is 18.4 Å². The monoisotopic (exact) mass is 342 g/mol. The predicted octanol–water partition coefficient (Wildman–Crippen LogP) is 2.11. The number of hydrogen-bond acceptors (Lipinski definition) is 5. The first kappa shape index (κ1) is 15.4. The lowest BCUT2D eigenvalue weighted by atomic mass is 9.51. The molecule has 6 atom stereocenters. The van der Waals surface area contributed by atoms with E-state index in [2.05, 4.69) is 13.8 Å². The van der Waals surface area contributed by atoms with Crippen LogP contribution in [-0.2, 0) is 4.79 Å². The number of aliphatic hydroxyl groups excluding tert-OH is 1. The van der Waals surface area contributed by atoms with E-state index in [1.165, 1.54) is 0 Å². The number of aliphatic hydroxyl groups is 2. The molecule has 5 nitrogen and oxygen atoms in total. The molecule has 1 aromatic rings. The second-order valence-corrected chi connectivity index (χ2v) is 8.77. The maximum atomic E-state index is 12.8. The molecule has 3 unspecified atom stereocenters. The molecule has 0 spiro atoms. The molecule has 132 valence electrons. The number of benzene rings is 1. The van der Waals surface area contributed by atoms with Crippen LogP contribution >= 0.6 is 0 Å². The third kappa shape index (κ3) is 1.73. The molecule has 0 radical (unpaired) electrons. The van der Waals surface area contributed by atoms with E-state index in [0.717, 1.165) is 11.1 Å². The molecule has 4 aliphatic rings. The van der Waals surface area contributed by atoms with Gasteiger partial charge in [0.15, 0.2) is 0 Å². The maximum absolute atomic E-state index is 12.8. The van der Waals surface area contributed by atoms with E-state index in [4.69, 9.17) is 4.74 Å². The lowest BCUT2D eigenvalue weighted by molar-refractivity contribution is -0.149. The number of allylic oxidation sites excluding steroid dienone is 1. The SMILES string of the molecule is CC1(C)C2C(=COc3cc(O)ccc32)C2C(=O)C[C@@]3(O)C[C@H]1C2[C@H]3O. The van der Waals surface area contributed by atoms with Gasteiger partial charge < -0.3 is 20.1 Å². The molecule has 0 saturated heterocycles. The zero-order valence-electron chi connectivity index (χ0n) is 14.3. The van der Waals surface area contributed by atoms with Crippen LogP contribution in [0.3, 0.4) is 0 Å². The maximum Gasteiger partial charge on any atom is 0.143 e. The van der Waals surface area contributed by atoms with Crippen molar-refractivity contribution in [1.82, 2.24) is 0 Å². The van der Waals surface area contributed by atoms with Crippen LogP contribution < -0.4 is 4.74 Å². The van der Waals surface area contributed by atoms with Crippen LogP contribution in [0.4, 0.5) is 0 Å². The van der Waals surface area contributed by atoms with E-state index in [0.29, 0.717) is 12.2 Å². The first-order valence-electron chi connectivity index (χ1n) is 8.87. The van der Waals surface area contributed by atoms with Crippen molar-refractivity contribution in [3.05, 3.63) is 35.6 Å². The second kappa shape index (κ2) is 4.46. The smallest absolute Gasteiger partial charge is 0.143 e. The zero-order chi connectivity index (χ0) is 17.7. The van der Waals surface area contributed by atoms with Crippen molar-refractivity contribution in [2.24, 2.45) is 23.2 Å². The van der Waals surface area contributed by atoms with E-state index in [9.17, 15) is 20.1 Å². The van der Waals surface area contributed by atoms with Gasteiger partial charge in [0, 0.05) is 35.8 Å². The molecule has 2 bridgehead atoms. The highest BCUT2D eigenvalue weighted by atomic mass is 16.5. The molecule has 0 aromatic heterocycles. The number of phenols is 1. The Hall–Kier alpha value is -1.85. The molecule has 3 fully saturated rings. The van der Waals surface area contributed by atoms with Crippen molar-refractivity contribution >= 4 is 5.78 Å². The fourth-order valence-corrected chi connectivity index (χ4v) is 6.14. The Morgan fingerprint density at radius 2 is 2.04 bits per heavy atom. The molecule has 3 aliphatic carbocycles. The Morgan fingerprint density at radius 3 is 2.80 bits per heavy atom. The lowest BCUT2D eigenvalue weighted by Crippen LogP contribution is -2.55. The molecule has 5 heteroatoms. The van der Waals surface area contributed by atoms with Crippen molar-refractivity contribution in [2.75, 3.05) is 0 Å². The quantitative estimate of drug-likeness (QED) is 0.672. The summed E-state index contributed by atoms with van der Waals surface area (Å²) in [4.78, 5) is 12.8. The fraction of sp³-hybridized carbons (Fsp3) is 0.550. The number of hydrogen-bond donors (Lipinski definition) is 3. The summed E-state index contributed by atoms with van der Waals surface area (Å²) in [5.41, 5.74) is 0.312. The highest BCUT2D eigenvalue weighted by Gasteiger charge is 2.69. The molecule has 1 aromatic carbocycles. The van der Waals surface area contributed by atoms with Crippen LogP contribution in [0, 0.1) is 23.2 Å². The topological polar surface area (TPSA) is 87.0 Å². The third-order valence-corrected chi connectivity index (χ3v) is 7.19.